The van der Waals surface area contributed by atoms with Crippen LogP contribution in [0.2, 0.25) is 0 Å². The van der Waals surface area contributed by atoms with E-state index in [9.17, 15) is 14.0 Å². The van der Waals surface area contributed by atoms with E-state index in [0.29, 0.717) is 54.0 Å². The van der Waals surface area contributed by atoms with Gasteiger partial charge < -0.3 is 24.0 Å². The van der Waals surface area contributed by atoms with Crippen molar-refractivity contribution in [1.29, 1.82) is 0 Å². The van der Waals surface area contributed by atoms with Crippen LogP contribution in [0.4, 0.5) is 4.39 Å². The van der Waals surface area contributed by atoms with Crippen LogP contribution in [-0.2, 0) is 23.8 Å². The molecule has 0 aliphatic carbocycles. The summed E-state index contributed by atoms with van der Waals surface area (Å²) >= 11 is 1.38. The molecule has 4 rings (SSSR count). The first kappa shape index (κ1) is 23.5. The summed E-state index contributed by atoms with van der Waals surface area (Å²) in [5.41, 5.74) is 2.10. The van der Waals surface area contributed by atoms with E-state index in [1.165, 1.54) is 31.0 Å². The van der Waals surface area contributed by atoms with Gasteiger partial charge in [-0.1, -0.05) is 23.9 Å². The number of halogens is 1. The molecular weight excluding hydrogens is 449 g/mol. The molecule has 3 heterocycles. The molecule has 176 valence electrons. The van der Waals surface area contributed by atoms with Crippen LogP contribution in [0, 0.1) is 5.82 Å². The van der Waals surface area contributed by atoms with E-state index in [1.54, 1.807) is 24.0 Å². The lowest BCUT2D eigenvalue weighted by atomic mass is 9.93. The molecule has 0 spiro atoms. The number of thioether (sulfide) groups is 1. The molecule has 10 heteroatoms. The maximum atomic E-state index is 14.2. The first-order valence-electron chi connectivity index (χ1n) is 10.7. The molecular formula is C23H26FN3O5S. The monoisotopic (exact) mass is 475 g/mol. The SMILES string of the molecule is COCCOC(=O)C1=C(C)N=C2SC=C(CC(=O)N3CCOCC3)N2C1c1cccc(F)c1. The van der Waals surface area contributed by atoms with Crippen molar-refractivity contribution < 1.29 is 28.2 Å². The third-order valence-electron chi connectivity index (χ3n) is 5.60. The van der Waals surface area contributed by atoms with Crippen LogP contribution in [0.25, 0.3) is 0 Å². The van der Waals surface area contributed by atoms with Crippen LogP contribution in [0.15, 0.2) is 51.6 Å². The highest BCUT2D eigenvalue weighted by molar-refractivity contribution is 8.16. The molecule has 0 N–H and O–H groups in total. The Morgan fingerprint density at radius 1 is 1.27 bits per heavy atom. The summed E-state index contributed by atoms with van der Waals surface area (Å²) in [6.07, 6.45) is 0.142. The zero-order chi connectivity index (χ0) is 23.4. The Morgan fingerprint density at radius 3 is 2.79 bits per heavy atom. The van der Waals surface area contributed by atoms with Crippen LogP contribution < -0.4 is 0 Å². The number of esters is 1. The second-order valence-electron chi connectivity index (χ2n) is 7.75. The molecule has 0 bridgehead atoms. The van der Waals surface area contributed by atoms with Gasteiger partial charge in [0.15, 0.2) is 5.17 Å². The number of methoxy groups -OCH3 is 1. The van der Waals surface area contributed by atoms with E-state index in [2.05, 4.69) is 4.99 Å². The molecule has 33 heavy (non-hydrogen) atoms. The molecule has 1 aromatic rings. The van der Waals surface area contributed by atoms with Gasteiger partial charge >= 0.3 is 5.97 Å². The van der Waals surface area contributed by atoms with E-state index in [1.807, 2.05) is 10.3 Å². The topological polar surface area (TPSA) is 80.7 Å². The summed E-state index contributed by atoms with van der Waals surface area (Å²) in [5, 5.41) is 2.51. The summed E-state index contributed by atoms with van der Waals surface area (Å²) in [5.74, 6) is -0.986. The molecule has 1 saturated heterocycles. The summed E-state index contributed by atoms with van der Waals surface area (Å²) in [6, 6.07) is 5.45. The van der Waals surface area contributed by atoms with E-state index in [-0.39, 0.29) is 25.5 Å². The molecule has 1 atom stereocenters. The van der Waals surface area contributed by atoms with Gasteiger partial charge in [-0.3, -0.25) is 4.79 Å². The predicted octanol–water partition coefficient (Wildman–Crippen LogP) is 2.84. The number of nitrogens with zero attached hydrogens (tertiary/aromatic N) is 3. The van der Waals surface area contributed by atoms with Gasteiger partial charge in [0.25, 0.3) is 0 Å². The van der Waals surface area contributed by atoms with E-state index in [0.717, 1.165) is 0 Å². The van der Waals surface area contributed by atoms with E-state index < -0.39 is 17.8 Å². The molecule has 1 fully saturated rings. The number of hydrogen-bond donors (Lipinski definition) is 0. The fraction of sp³-hybridized carbons (Fsp3) is 0.435. The lowest BCUT2D eigenvalue weighted by molar-refractivity contribution is -0.141. The molecule has 0 saturated carbocycles. The second-order valence-corrected chi connectivity index (χ2v) is 8.58. The van der Waals surface area contributed by atoms with Gasteiger partial charge in [0, 0.05) is 25.9 Å². The molecule has 3 aliphatic rings. The zero-order valence-electron chi connectivity index (χ0n) is 18.6. The smallest absolute Gasteiger partial charge is 0.338 e. The molecule has 8 nitrogen and oxygen atoms in total. The Balaban J connectivity index is 1.66. The number of benzene rings is 1. The highest BCUT2D eigenvalue weighted by Crippen LogP contribution is 2.45. The zero-order valence-corrected chi connectivity index (χ0v) is 19.4. The number of rotatable bonds is 7. The average Bonchev–Trinajstić information content (AvgIpc) is 3.20. The van der Waals surface area contributed by atoms with Crippen LogP contribution in [0.1, 0.15) is 24.9 Å². The molecule has 0 aromatic heterocycles. The van der Waals surface area contributed by atoms with Gasteiger partial charge in [-0.25, -0.2) is 14.2 Å². The number of carbonyl (C=O) groups excluding carboxylic acids is 2. The number of carbonyl (C=O) groups is 2. The Hall–Kier alpha value is -2.69. The van der Waals surface area contributed by atoms with Crippen LogP contribution in [0.5, 0.6) is 0 Å². The Kier molecular flexibility index (Phi) is 7.46. The number of hydrogen-bond acceptors (Lipinski definition) is 8. The fourth-order valence-electron chi connectivity index (χ4n) is 4.00. The summed E-state index contributed by atoms with van der Waals surface area (Å²) in [6.45, 7) is 4.21. The lowest BCUT2D eigenvalue weighted by Crippen LogP contribution is -2.42. The quantitative estimate of drug-likeness (QED) is 0.443. The molecule has 1 aromatic carbocycles. The van der Waals surface area contributed by atoms with Gasteiger partial charge in [0.2, 0.25) is 5.91 Å². The maximum absolute atomic E-state index is 14.2. The third kappa shape index (κ3) is 5.13. The number of ether oxygens (including phenoxy) is 3. The predicted molar refractivity (Wildman–Crippen MR) is 122 cm³/mol. The maximum Gasteiger partial charge on any atom is 0.338 e. The van der Waals surface area contributed by atoms with Gasteiger partial charge in [-0.05, 0) is 30.0 Å². The normalized spacial score (nSPS) is 20.4. The minimum absolute atomic E-state index is 0.0279. The Morgan fingerprint density at radius 2 is 2.06 bits per heavy atom. The van der Waals surface area contributed by atoms with Crippen molar-refractivity contribution in [2.45, 2.75) is 19.4 Å². The standard InChI is InChI=1S/C23H26FN3O5S/c1-15-20(22(29)32-11-10-30-2)21(16-4-3-5-17(24)12-16)27-18(14-33-23(27)25-15)13-19(28)26-6-8-31-9-7-26/h3-5,12,14,21H,6-11,13H2,1-2H3. The van der Waals surface area contributed by atoms with Crippen LogP contribution >= 0.6 is 11.8 Å². The number of fused-ring (bicyclic) bond motifs is 1. The fourth-order valence-corrected chi connectivity index (χ4v) is 4.96. The number of allylic oxidation sites excluding steroid dienone is 1. The second kappa shape index (κ2) is 10.5. The highest BCUT2D eigenvalue weighted by Gasteiger charge is 2.41. The van der Waals surface area contributed by atoms with Gasteiger partial charge in [0.05, 0.1) is 43.6 Å². The van der Waals surface area contributed by atoms with Gasteiger partial charge in [0.1, 0.15) is 12.4 Å². The average molecular weight is 476 g/mol. The van der Waals surface area contributed by atoms with Gasteiger partial charge in [-0.2, -0.15) is 0 Å². The highest BCUT2D eigenvalue weighted by atomic mass is 32.2. The van der Waals surface area contributed by atoms with Crippen LogP contribution in [0.3, 0.4) is 0 Å². The van der Waals surface area contributed by atoms with E-state index in [4.69, 9.17) is 14.2 Å². The Labute approximate surface area is 196 Å². The number of amides is 1. The van der Waals surface area contributed by atoms with Crippen molar-refractivity contribution in [3.05, 3.63) is 58.0 Å². The molecule has 1 unspecified atom stereocenters. The van der Waals surface area contributed by atoms with Crippen molar-refractivity contribution >= 4 is 28.8 Å². The minimum atomic E-state index is -0.665. The minimum Gasteiger partial charge on any atom is -0.460 e. The molecule has 1 amide bonds. The summed E-state index contributed by atoms with van der Waals surface area (Å²) < 4.78 is 29.9. The van der Waals surface area contributed by atoms with Crippen molar-refractivity contribution in [2.75, 3.05) is 46.6 Å². The number of aliphatic imine (C=N–C) groups is 1. The first-order valence-corrected chi connectivity index (χ1v) is 11.6. The van der Waals surface area contributed by atoms with Crippen molar-refractivity contribution in [3.63, 3.8) is 0 Å². The van der Waals surface area contributed by atoms with Crippen molar-refractivity contribution in [2.24, 2.45) is 4.99 Å². The largest absolute Gasteiger partial charge is 0.460 e. The van der Waals surface area contributed by atoms with Crippen LogP contribution in [-0.4, -0.2) is 73.5 Å². The number of amidine groups is 1. The summed E-state index contributed by atoms with van der Waals surface area (Å²) in [7, 11) is 1.52. The molecule has 0 radical (unpaired) electrons. The Bertz CT molecular complexity index is 1020. The number of morpholine rings is 1. The summed E-state index contributed by atoms with van der Waals surface area (Å²) in [4.78, 5) is 34.3. The lowest BCUT2D eigenvalue weighted by Gasteiger charge is -2.37. The van der Waals surface area contributed by atoms with Gasteiger partial charge in [-0.15, -0.1) is 0 Å². The molecule has 3 aliphatic heterocycles. The first-order chi connectivity index (χ1) is 16.0. The van der Waals surface area contributed by atoms with E-state index >= 15 is 0 Å². The van der Waals surface area contributed by atoms with Crippen molar-refractivity contribution in [1.82, 2.24) is 9.80 Å². The van der Waals surface area contributed by atoms with Crippen molar-refractivity contribution in [3.8, 4) is 0 Å². The third-order valence-corrected chi connectivity index (χ3v) is 6.49.